The third-order valence-electron chi connectivity index (χ3n) is 2.99. The van der Waals surface area contributed by atoms with Gasteiger partial charge in [-0.1, -0.05) is 0 Å². The van der Waals surface area contributed by atoms with Gasteiger partial charge in [-0.05, 0) is 0 Å². The number of nitrogens with one attached hydrogen (secondary N) is 2. The summed E-state index contributed by atoms with van der Waals surface area (Å²) < 4.78 is 26.7. The van der Waals surface area contributed by atoms with Crippen LogP contribution in [0.25, 0.3) is 0 Å². The van der Waals surface area contributed by atoms with Crippen LogP contribution >= 0.6 is 11.8 Å². The van der Waals surface area contributed by atoms with Gasteiger partial charge in [0.2, 0.25) is 16.0 Å². The Labute approximate surface area is 123 Å². The fraction of sp³-hybridized carbons (Fsp3) is 0.636. The number of hydrogen-bond acceptors (Lipinski definition) is 7. The highest BCUT2D eigenvalue weighted by molar-refractivity contribution is 7.99. The first-order valence-corrected chi connectivity index (χ1v) is 9.05. The fourth-order valence-corrected chi connectivity index (χ4v) is 3.72. The highest BCUT2D eigenvalue weighted by atomic mass is 32.2. The normalized spacial score (nSPS) is 17.1. The van der Waals surface area contributed by atoms with Crippen molar-refractivity contribution in [3.05, 3.63) is 12.4 Å². The molecule has 20 heavy (non-hydrogen) atoms. The van der Waals surface area contributed by atoms with Crippen molar-refractivity contribution in [2.75, 3.05) is 50.0 Å². The molecule has 2 rings (SSSR count). The second-order valence-corrected chi connectivity index (χ2v) is 7.34. The van der Waals surface area contributed by atoms with E-state index >= 15 is 0 Å². The van der Waals surface area contributed by atoms with Gasteiger partial charge in [0.1, 0.15) is 4.90 Å². The first kappa shape index (κ1) is 15.5. The molecule has 0 unspecified atom stereocenters. The zero-order chi connectivity index (χ0) is 14.4. The highest BCUT2D eigenvalue weighted by Gasteiger charge is 2.16. The van der Waals surface area contributed by atoms with Crippen LogP contribution in [-0.2, 0) is 10.0 Å². The van der Waals surface area contributed by atoms with E-state index in [4.69, 9.17) is 0 Å². The van der Waals surface area contributed by atoms with Gasteiger partial charge in [0.05, 0.1) is 12.4 Å². The van der Waals surface area contributed by atoms with Gasteiger partial charge in [0, 0.05) is 44.7 Å². The van der Waals surface area contributed by atoms with Gasteiger partial charge in [-0.3, -0.25) is 0 Å². The van der Waals surface area contributed by atoms with Crippen LogP contribution in [-0.4, -0.2) is 68.0 Å². The monoisotopic (exact) mass is 317 g/mol. The molecule has 1 saturated heterocycles. The van der Waals surface area contributed by atoms with Crippen molar-refractivity contribution in [1.82, 2.24) is 19.6 Å². The average molecular weight is 317 g/mol. The molecule has 0 saturated carbocycles. The Morgan fingerprint density at radius 3 is 2.55 bits per heavy atom. The van der Waals surface area contributed by atoms with Gasteiger partial charge in [0.25, 0.3) is 0 Å². The van der Waals surface area contributed by atoms with Crippen LogP contribution in [0.3, 0.4) is 0 Å². The number of anilines is 1. The summed E-state index contributed by atoms with van der Waals surface area (Å²) in [5.41, 5.74) is 0. The van der Waals surface area contributed by atoms with Crippen molar-refractivity contribution in [1.29, 1.82) is 0 Å². The van der Waals surface area contributed by atoms with E-state index in [9.17, 15) is 8.42 Å². The summed E-state index contributed by atoms with van der Waals surface area (Å²) in [6.07, 6.45) is 2.61. The van der Waals surface area contributed by atoms with Gasteiger partial charge in [0.15, 0.2) is 0 Å². The predicted octanol–water partition coefficient (Wildman–Crippen LogP) is -0.155. The minimum atomic E-state index is -3.52. The van der Waals surface area contributed by atoms with Gasteiger partial charge in [-0.2, -0.15) is 11.8 Å². The largest absolute Gasteiger partial charge is 0.357 e. The average Bonchev–Trinajstić information content (AvgIpc) is 2.48. The number of thioether (sulfide) groups is 1. The van der Waals surface area contributed by atoms with E-state index in [2.05, 4.69) is 24.9 Å². The van der Waals surface area contributed by atoms with Crippen molar-refractivity contribution >= 4 is 27.7 Å². The van der Waals surface area contributed by atoms with Gasteiger partial charge in [-0.25, -0.2) is 23.1 Å². The lowest BCUT2D eigenvalue weighted by Gasteiger charge is -2.25. The molecule has 0 radical (unpaired) electrons. The van der Waals surface area contributed by atoms with Crippen LogP contribution in [0.15, 0.2) is 17.3 Å². The molecule has 1 aromatic rings. The Hall–Kier alpha value is -0.900. The lowest BCUT2D eigenvalue weighted by molar-refractivity contribution is 0.307. The van der Waals surface area contributed by atoms with Crippen LogP contribution in [0, 0.1) is 0 Å². The fourth-order valence-electron chi connectivity index (χ4n) is 1.83. The first-order valence-electron chi connectivity index (χ1n) is 6.41. The van der Waals surface area contributed by atoms with Crippen molar-refractivity contribution in [3.63, 3.8) is 0 Å². The summed E-state index contributed by atoms with van der Waals surface area (Å²) in [6.45, 7) is 3.18. The number of nitrogens with zero attached hydrogens (tertiary/aromatic N) is 3. The third-order valence-corrected chi connectivity index (χ3v) is 5.34. The Morgan fingerprint density at radius 2 is 1.95 bits per heavy atom. The van der Waals surface area contributed by atoms with Crippen LogP contribution in [0.2, 0.25) is 0 Å². The second kappa shape index (κ2) is 7.21. The summed E-state index contributed by atoms with van der Waals surface area (Å²) in [7, 11) is -1.84. The molecule has 7 nitrogen and oxygen atoms in total. The molecule has 0 bridgehead atoms. The second-order valence-electron chi connectivity index (χ2n) is 4.34. The minimum absolute atomic E-state index is 0.0886. The maximum atomic E-state index is 12.0. The molecule has 1 aliphatic heterocycles. The van der Waals surface area contributed by atoms with E-state index in [1.807, 2.05) is 11.8 Å². The molecule has 0 amide bonds. The van der Waals surface area contributed by atoms with Crippen LogP contribution in [0.5, 0.6) is 0 Å². The summed E-state index contributed by atoms with van der Waals surface area (Å²) in [4.78, 5) is 10.2. The van der Waals surface area contributed by atoms with E-state index in [1.165, 1.54) is 12.4 Å². The zero-order valence-electron chi connectivity index (χ0n) is 11.4. The van der Waals surface area contributed by atoms with E-state index < -0.39 is 10.0 Å². The number of sulfonamides is 1. The van der Waals surface area contributed by atoms with Crippen molar-refractivity contribution in [3.8, 4) is 0 Å². The summed E-state index contributed by atoms with van der Waals surface area (Å²) >= 11 is 1.94. The summed E-state index contributed by atoms with van der Waals surface area (Å²) in [5.74, 6) is 2.63. The molecule has 112 valence electrons. The molecule has 0 aromatic carbocycles. The molecule has 1 aromatic heterocycles. The zero-order valence-corrected chi connectivity index (χ0v) is 13.0. The topological polar surface area (TPSA) is 87.2 Å². The Balaban J connectivity index is 1.86. The Bertz CT molecular complexity index is 514. The maximum Gasteiger partial charge on any atom is 0.243 e. The van der Waals surface area contributed by atoms with E-state index in [0.29, 0.717) is 12.5 Å². The van der Waals surface area contributed by atoms with E-state index in [0.717, 1.165) is 31.1 Å². The molecule has 1 fully saturated rings. The summed E-state index contributed by atoms with van der Waals surface area (Å²) in [6, 6.07) is 0. The van der Waals surface area contributed by atoms with Crippen molar-refractivity contribution in [2.45, 2.75) is 4.90 Å². The standard InChI is InChI=1S/C11H19N5O2S2/c1-12-11-13-8-10(9-14-11)20(17,18)15-2-3-16-4-6-19-7-5-16/h8-9,15H,2-7H2,1H3,(H,12,13,14). The highest BCUT2D eigenvalue weighted by Crippen LogP contribution is 2.09. The van der Waals surface area contributed by atoms with Crippen molar-refractivity contribution in [2.24, 2.45) is 0 Å². The molecule has 2 N–H and O–H groups in total. The quantitative estimate of drug-likeness (QED) is 0.754. The first-order chi connectivity index (χ1) is 9.62. The Morgan fingerprint density at radius 1 is 1.30 bits per heavy atom. The molecule has 0 spiro atoms. The van der Waals surface area contributed by atoms with Crippen LogP contribution in [0.1, 0.15) is 0 Å². The van der Waals surface area contributed by atoms with Gasteiger partial charge < -0.3 is 10.2 Å². The number of aromatic nitrogens is 2. The lowest BCUT2D eigenvalue weighted by Crippen LogP contribution is -2.39. The van der Waals surface area contributed by atoms with E-state index in [-0.39, 0.29) is 4.90 Å². The third kappa shape index (κ3) is 4.30. The van der Waals surface area contributed by atoms with Crippen LogP contribution < -0.4 is 10.0 Å². The molecular formula is C11H19N5O2S2. The number of hydrogen-bond donors (Lipinski definition) is 2. The van der Waals surface area contributed by atoms with Gasteiger partial charge in [-0.15, -0.1) is 0 Å². The molecular weight excluding hydrogens is 298 g/mol. The maximum absolute atomic E-state index is 12.0. The lowest BCUT2D eigenvalue weighted by atomic mass is 10.5. The summed E-state index contributed by atoms with van der Waals surface area (Å²) in [5, 5.41) is 2.75. The molecule has 0 aliphatic carbocycles. The van der Waals surface area contributed by atoms with Gasteiger partial charge >= 0.3 is 0 Å². The van der Waals surface area contributed by atoms with Crippen LogP contribution in [0.4, 0.5) is 5.95 Å². The molecule has 0 atom stereocenters. The number of rotatable bonds is 6. The SMILES string of the molecule is CNc1ncc(S(=O)(=O)NCCN2CCSCC2)cn1. The minimum Gasteiger partial charge on any atom is -0.357 e. The van der Waals surface area contributed by atoms with E-state index in [1.54, 1.807) is 7.05 Å². The Kier molecular flexibility index (Phi) is 5.58. The molecule has 1 aliphatic rings. The predicted molar refractivity (Wildman–Crippen MR) is 80.5 cm³/mol. The molecule has 2 heterocycles. The van der Waals surface area contributed by atoms with Crippen molar-refractivity contribution < 1.29 is 8.42 Å². The molecule has 9 heteroatoms. The smallest absolute Gasteiger partial charge is 0.243 e.